The van der Waals surface area contributed by atoms with E-state index < -0.39 is 0 Å². The highest BCUT2D eigenvalue weighted by Crippen LogP contribution is 2.09. The number of carbonyl (C=O) groups excluding carboxylic acids is 2. The predicted molar refractivity (Wildman–Crippen MR) is 81.8 cm³/mol. The molecule has 2 amide bonds. The Morgan fingerprint density at radius 3 is 2.24 bits per heavy atom. The molecule has 2 rings (SSSR count). The van der Waals surface area contributed by atoms with Crippen LogP contribution in [0.15, 0.2) is 18.5 Å². The molecule has 1 aliphatic rings. The number of piperazine rings is 1. The fourth-order valence-corrected chi connectivity index (χ4v) is 2.64. The summed E-state index contributed by atoms with van der Waals surface area (Å²) in [6.07, 6.45) is 7.00. The van der Waals surface area contributed by atoms with E-state index in [-0.39, 0.29) is 11.8 Å². The lowest BCUT2D eigenvalue weighted by atomic mass is 10.2. The van der Waals surface area contributed by atoms with Crippen LogP contribution in [-0.2, 0) is 23.1 Å². The minimum absolute atomic E-state index is 0.154. The van der Waals surface area contributed by atoms with Gasteiger partial charge >= 0.3 is 0 Å². The van der Waals surface area contributed by atoms with E-state index in [1.165, 1.54) is 0 Å². The number of amides is 2. The van der Waals surface area contributed by atoms with Gasteiger partial charge in [-0.15, -0.1) is 0 Å². The van der Waals surface area contributed by atoms with Crippen LogP contribution < -0.4 is 0 Å². The summed E-state index contributed by atoms with van der Waals surface area (Å²) in [5, 5.41) is 0. The Balaban J connectivity index is 1.78. The summed E-state index contributed by atoms with van der Waals surface area (Å²) in [4.78, 5) is 27.9. The van der Waals surface area contributed by atoms with Crippen molar-refractivity contribution in [3.63, 3.8) is 0 Å². The number of nitrogens with zero attached hydrogens (tertiary/aromatic N) is 3. The third-order valence-corrected chi connectivity index (χ3v) is 3.98. The predicted octanol–water partition coefficient (Wildman–Crippen LogP) is 1.43. The standard InChI is InChI=1S/C16H25N3O2/c1-3-4-5-15(20)18-8-10-19(11-9-18)16(21)12-14-6-7-17(2)13-14/h6-7,13H,3-5,8-12H2,1-2H3. The molecule has 1 aromatic rings. The summed E-state index contributed by atoms with van der Waals surface area (Å²) in [7, 11) is 1.95. The van der Waals surface area contributed by atoms with E-state index in [9.17, 15) is 9.59 Å². The average Bonchev–Trinajstić information content (AvgIpc) is 2.90. The van der Waals surface area contributed by atoms with Crippen LogP contribution in [0.1, 0.15) is 31.7 Å². The quantitative estimate of drug-likeness (QED) is 0.824. The van der Waals surface area contributed by atoms with Gasteiger partial charge in [0.25, 0.3) is 0 Å². The van der Waals surface area contributed by atoms with Crippen LogP contribution in [0.3, 0.4) is 0 Å². The van der Waals surface area contributed by atoms with Crippen LogP contribution in [0.2, 0.25) is 0 Å². The van der Waals surface area contributed by atoms with Crippen molar-refractivity contribution in [1.82, 2.24) is 14.4 Å². The van der Waals surface area contributed by atoms with E-state index in [1.54, 1.807) is 0 Å². The number of hydrogen-bond donors (Lipinski definition) is 0. The second-order valence-electron chi connectivity index (χ2n) is 5.73. The molecule has 5 nitrogen and oxygen atoms in total. The lowest BCUT2D eigenvalue weighted by Crippen LogP contribution is -2.50. The highest BCUT2D eigenvalue weighted by Gasteiger charge is 2.23. The third kappa shape index (κ3) is 4.34. The minimum Gasteiger partial charge on any atom is -0.357 e. The molecule has 116 valence electrons. The second-order valence-corrected chi connectivity index (χ2v) is 5.73. The molecule has 0 aliphatic carbocycles. The summed E-state index contributed by atoms with van der Waals surface area (Å²) in [5.41, 5.74) is 1.05. The van der Waals surface area contributed by atoms with Crippen molar-refractivity contribution < 1.29 is 9.59 Å². The van der Waals surface area contributed by atoms with Crippen molar-refractivity contribution in [2.45, 2.75) is 32.6 Å². The lowest BCUT2D eigenvalue weighted by molar-refractivity contribution is -0.139. The van der Waals surface area contributed by atoms with Crippen molar-refractivity contribution in [2.75, 3.05) is 26.2 Å². The van der Waals surface area contributed by atoms with Crippen molar-refractivity contribution in [2.24, 2.45) is 7.05 Å². The molecule has 0 saturated carbocycles. The van der Waals surface area contributed by atoms with Crippen molar-refractivity contribution >= 4 is 11.8 Å². The SMILES string of the molecule is CCCCC(=O)N1CCN(C(=O)Cc2ccn(C)c2)CC1. The van der Waals surface area contributed by atoms with Crippen LogP contribution in [0.5, 0.6) is 0 Å². The zero-order chi connectivity index (χ0) is 15.2. The smallest absolute Gasteiger partial charge is 0.227 e. The summed E-state index contributed by atoms with van der Waals surface area (Å²) < 4.78 is 1.95. The molecule has 0 unspecified atom stereocenters. The van der Waals surface area contributed by atoms with Crippen LogP contribution >= 0.6 is 0 Å². The number of aryl methyl sites for hydroxylation is 1. The Kier molecular flexibility index (Phi) is 5.42. The third-order valence-electron chi connectivity index (χ3n) is 3.98. The van der Waals surface area contributed by atoms with Crippen LogP contribution in [0.4, 0.5) is 0 Å². The molecular formula is C16H25N3O2. The number of aromatic nitrogens is 1. The first kappa shape index (κ1) is 15.6. The first-order valence-corrected chi connectivity index (χ1v) is 7.76. The zero-order valence-electron chi connectivity index (χ0n) is 13.0. The Hall–Kier alpha value is -1.78. The molecular weight excluding hydrogens is 266 g/mol. The van der Waals surface area contributed by atoms with Crippen LogP contribution in [0, 0.1) is 0 Å². The topological polar surface area (TPSA) is 45.6 Å². The van der Waals surface area contributed by atoms with Gasteiger partial charge in [-0.05, 0) is 18.1 Å². The first-order valence-electron chi connectivity index (χ1n) is 7.76. The molecule has 0 radical (unpaired) electrons. The van der Waals surface area contributed by atoms with E-state index in [2.05, 4.69) is 6.92 Å². The Bertz CT molecular complexity index is 487. The van der Waals surface area contributed by atoms with Crippen LogP contribution in [0.25, 0.3) is 0 Å². The first-order chi connectivity index (χ1) is 10.1. The Morgan fingerprint density at radius 1 is 1.10 bits per heavy atom. The average molecular weight is 291 g/mol. The maximum Gasteiger partial charge on any atom is 0.227 e. The molecule has 1 saturated heterocycles. The highest BCUT2D eigenvalue weighted by atomic mass is 16.2. The largest absolute Gasteiger partial charge is 0.357 e. The van der Waals surface area contributed by atoms with Crippen molar-refractivity contribution in [3.8, 4) is 0 Å². The van der Waals surface area contributed by atoms with Gasteiger partial charge in [-0.3, -0.25) is 9.59 Å². The normalized spacial score (nSPS) is 15.3. The molecule has 0 N–H and O–H groups in total. The molecule has 1 fully saturated rings. The van der Waals surface area contributed by atoms with Gasteiger partial charge in [0, 0.05) is 52.0 Å². The van der Waals surface area contributed by atoms with E-state index in [0.717, 1.165) is 18.4 Å². The number of hydrogen-bond acceptors (Lipinski definition) is 2. The Labute approximate surface area is 126 Å². The minimum atomic E-state index is 0.154. The molecule has 1 aliphatic heterocycles. The van der Waals surface area contributed by atoms with Gasteiger partial charge in [0.05, 0.1) is 6.42 Å². The summed E-state index contributed by atoms with van der Waals surface area (Å²) in [6.45, 7) is 4.74. The van der Waals surface area contributed by atoms with Crippen molar-refractivity contribution in [1.29, 1.82) is 0 Å². The van der Waals surface area contributed by atoms with E-state index >= 15 is 0 Å². The molecule has 5 heteroatoms. The maximum atomic E-state index is 12.2. The maximum absolute atomic E-state index is 12.2. The monoisotopic (exact) mass is 291 g/mol. The number of carbonyl (C=O) groups is 2. The van der Waals surface area contributed by atoms with Crippen molar-refractivity contribution in [3.05, 3.63) is 24.0 Å². The second kappa shape index (κ2) is 7.29. The van der Waals surface area contributed by atoms with E-state index in [0.29, 0.717) is 39.0 Å². The fourth-order valence-electron chi connectivity index (χ4n) is 2.64. The lowest BCUT2D eigenvalue weighted by Gasteiger charge is -2.35. The molecule has 21 heavy (non-hydrogen) atoms. The molecule has 2 heterocycles. The molecule has 0 aromatic carbocycles. The highest BCUT2D eigenvalue weighted by molar-refractivity contribution is 5.80. The molecule has 0 atom stereocenters. The van der Waals surface area contributed by atoms with Gasteiger partial charge in [0.1, 0.15) is 0 Å². The summed E-state index contributed by atoms with van der Waals surface area (Å²) in [6, 6.07) is 1.97. The summed E-state index contributed by atoms with van der Waals surface area (Å²) in [5.74, 6) is 0.383. The van der Waals surface area contributed by atoms with E-state index in [1.807, 2.05) is 39.9 Å². The van der Waals surface area contributed by atoms with E-state index in [4.69, 9.17) is 0 Å². The van der Waals surface area contributed by atoms with Gasteiger partial charge < -0.3 is 14.4 Å². The van der Waals surface area contributed by atoms with Gasteiger partial charge in [-0.25, -0.2) is 0 Å². The van der Waals surface area contributed by atoms with Gasteiger partial charge in [0.2, 0.25) is 11.8 Å². The molecule has 0 spiro atoms. The molecule has 0 bridgehead atoms. The zero-order valence-corrected chi connectivity index (χ0v) is 13.0. The van der Waals surface area contributed by atoms with Gasteiger partial charge in [-0.2, -0.15) is 0 Å². The summed E-state index contributed by atoms with van der Waals surface area (Å²) >= 11 is 0. The van der Waals surface area contributed by atoms with Gasteiger partial charge in [0.15, 0.2) is 0 Å². The Morgan fingerprint density at radius 2 is 1.71 bits per heavy atom. The number of unbranched alkanes of at least 4 members (excludes halogenated alkanes) is 1. The molecule has 1 aromatic heterocycles. The number of rotatable bonds is 5. The van der Waals surface area contributed by atoms with Crippen LogP contribution in [-0.4, -0.2) is 52.4 Å². The van der Waals surface area contributed by atoms with Gasteiger partial charge in [-0.1, -0.05) is 13.3 Å². The fraction of sp³-hybridized carbons (Fsp3) is 0.625.